The van der Waals surface area contributed by atoms with E-state index >= 15 is 0 Å². The van der Waals surface area contributed by atoms with E-state index in [1.54, 1.807) is 0 Å². The van der Waals surface area contributed by atoms with Crippen molar-refractivity contribution in [1.82, 2.24) is 0 Å². The molecule has 0 aliphatic heterocycles. The molecular formula is C12H13F2NO4. The summed E-state index contributed by atoms with van der Waals surface area (Å²) in [5.41, 5.74) is -1.78. The number of carbonyl (C=O) groups excluding carboxylic acids is 1. The first kappa shape index (κ1) is 15.0. The number of hydrogen-bond donors (Lipinski definition) is 0. The Kier molecular flexibility index (Phi) is 5.35. The lowest BCUT2D eigenvalue weighted by Crippen LogP contribution is -2.11. The minimum atomic E-state index is -1.40. The highest BCUT2D eigenvalue weighted by Crippen LogP contribution is 2.24. The predicted octanol–water partition coefficient (Wildman–Crippen LogP) is 3.22. The van der Waals surface area contributed by atoms with Crippen LogP contribution >= 0.6 is 0 Å². The predicted molar refractivity (Wildman–Crippen MR) is 62.8 cm³/mol. The van der Waals surface area contributed by atoms with E-state index in [2.05, 4.69) is 0 Å². The molecule has 5 nitrogen and oxygen atoms in total. The smallest absolute Gasteiger partial charge is 0.345 e. The molecule has 0 saturated heterocycles. The second-order valence-corrected chi connectivity index (χ2v) is 3.88. The molecule has 0 spiro atoms. The Hall–Kier alpha value is -2.05. The van der Waals surface area contributed by atoms with Gasteiger partial charge in [0.1, 0.15) is 11.4 Å². The van der Waals surface area contributed by atoms with Gasteiger partial charge in [-0.15, -0.1) is 0 Å². The van der Waals surface area contributed by atoms with Gasteiger partial charge in [-0.2, -0.15) is 4.39 Å². The molecule has 0 unspecified atom stereocenters. The van der Waals surface area contributed by atoms with E-state index in [0.29, 0.717) is 18.6 Å². The highest BCUT2D eigenvalue weighted by atomic mass is 19.1. The van der Waals surface area contributed by atoms with Crippen LogP contribution < -0.4 is 0 Å². The van der Waals surface area contributed by atoms with Gasteiger partial charge in [0.25, 0.3) is 0 Å². The van der Waals surface area contributed by atoms with Crippen LogP contribution in [0.4, 0.5) is 14.5 Å². The van der Waals surface area contributed by atoms with Crippen molar-refractivity contribution >= 4 is 11.7 Å². The zero-order chi connectivity index (χ0) is 14.4. The highest BCUT2D eigenvalue weighted by molar-refractivity contribution is 5.94. The lowest BCUT2D eigenvalue weighted by atomic mass is 10.1. The minimum Gasteiger partial charge on any atom is -0.462 e. The molecule has 0 radical (unpaired) electrons. The van der Waals surface area contributed by atoms with Crippen molar-refractivity contribution in [3.05, 3.63) is 39.4 Å². The monoisotopic (exact) mass is 273 g/mol. The number of esters is 1. The molecule has 104 valence electrons. The van der Waals surface area contributed by atoms with Gasteiger partial charge >= 0.3 is 11.7 Å². The van der Waals surface area contributed by atoms with E-state index in [1.807, 2.05) is 6.92 Å². The summed E-state index contributed by atoms with van der Waals surface area (Å²) in [7, 11) is 0. The van der Waals surface area contributed by atoms with Crippen molar-refractivity contribution in [2.75, 3.05) is 6.61 Å². The molecule has 0 aromatic heterocycles. The molecule has 0 N–H and O–H groups in total. The molecule has 7 heteroatoms. The molecule has 0 aliphatic rings. The quantitative estimate of drug-likeness (QED) is 0.345. The van der Waals surface area contributed by atoms with E-state index in [0.717, 1.165) is 12.8 Å². The number of nitrogens with zero attached hydrogens (tertiary/aromatic N) is 1. The first-order chi connectivity index (χ1) is 8.97. The van der Waals surface area contributed by atoms with Crippen molar-refractivity contribution in [1.29, 1.82) is 0 Å². The summed E-state index contributed by atoms with van der Waals surface area (Å²) in [6, 6.07) is 0.954. The summed E-state index contributed by atoms with van der Waals surface area (Å²) >= 11 is 0. The second-order valence-electron chi connectivity index (χ2n) is 3.88. The normalized spacial score (nSPS) is 10.3. The van der Waals surface area contributed by atoms with Crippen LogP contribution in [0.15, 0.2) is 12.1 Å². The molecule has 1 aromatic carbocycles. The molecule has 19 heavy (non-hydrogen) atoms. The fraction of sp³-hybridized carbons (Fsp3) is 0.417. The van der Waals surface area contributed by atoms with E-state index in [9.17, 15) is 23.7 Å². The van der Waals surface area contributed by atoms with E-state index in [4.69, 9.17) is 4.74 Å². The molecule has 0 aliphatic carbocycles. The maximum Gasteiger partial charge on any atom is 0.345 e. The molecular weight excluding hydrogens is 260 g/mol. The Labute approximate surface area is 108 Å². The van der Waals surface area contributed by atoms with Gasteiger partial charge < -0.3 is 4.74 Å². The molecule has 1 aromatic rings. The lowest BCUT2D eigenvalue weighted by molar-refractivity contribution is -0.387. The Bertz CT molecular complexity index is 491. The standard InChI is InChI=1S/C12H13F2NO4/c1-2-3-4-5-19-12(16)9-6-8(13)7-10(14)11(9)15(17)18/h6-7H,2-5H2,1H3. The summed E-state index contributed by atoms with van der Waals surface area (Å²) in [6.45, 7) is 2.01. The maximum absolute atomic E-state index is 13.3. The number of nitro groups is 1. The van der Waals surface area contributed by atoms with E-state index in [1.165, 1.54) is 0 Å². The molecule has 0 atom stereocenters. The molecule has 0 fully saturated rings. The van der Waals surface area contributed by atoms with Crippen LogP contribution in [0, 0.1) is 21.7 Å². The first-order valence-electron chi connectivity index (χ1n) is 5.78. The average molecular weight is 273 g/mol. The number of rotatable bonds is 6. The highest BCUT2D eigenvalue weighted by Gasteiger charge is 2.27. The van der Waals surface area contributed by atoms with Crippen LogP contribution in [0.1, 0.15) is 36.5 Å². The van der Waals surface area contributed by atoms with Gasteiger partial charge in [-0.05, 0) is 12.5 Å². The van der Waals surface area contributed by atoms with Crippen LogP contribution in [0.3, 0.4) is 0 Å². The number of nitro benzene ring substituents is 1. The number of hydrogen-bond acceptors (Lipinski definition) is 4. The lowest BCUT2D eigenvalue weighted by Gasteiger charge is -2.05. The SMILES string of the molecule is CCCCCOC(=O)c1cc(F)cc(F)c1[N+](=O)[O-]. The molecule has 0 saturated carbocycles. The number of carbonyl (C=O) groups is 1. The third-order valence-electron chi connectivity index (χ3n) is 2.41. The number of halogens is 2. The van der Waals surface area contributed by atoms with Gasteiger partial charge in [-0.1, -0.05) is 19.8 Å². The Morgan fingerprint density at radius 3 is 2.63 bits per heavy atom. The minimum absolute atomic E-state index is 0.0575. The summed E-state index contributed by atoms with van der Waals surface area (Å²) < 4.78 is 31.0. The molecule has 0 heterocycles. The van der Waals surface area contributed by atoms with Crippen LogP contribution in [0.5, 0.6) is 0 Å². The van der Waals surface area contributed by atoms with Crippen molar-refractivity contribution in [3.63, 3.8) is 0 Å². The van der Waals surface area contributed by atoms with Gasteiger partial charge in [0.15, 0.2) is 0 Å². The molecule has 0 amide bonds. The summed E-state index contributed by atoms with van der Waals surface area (Å²) in [4.78, 5) is 21.2. The molecule has 0 bridgehead atoms. The molecule has 1 rings (SSSR count). The van der Waals surface area contributed by atoms with Crippen molar-refractivity contribution in [2.45, 2.75) is 26.2 Å². The summed E-state index contributed by atoms with van der Waals surface area (Å²) in [5, 5.41) is 10.7. The Morgan fingerprint density at radius 1 is 1.37 bits per heavy atom. The third kappa shape index (κ3) is 3.97. The van der Waals surface area contributed by atoms with Crippen molar-refractivity contribution in [2.24, 2.45) is 0 Å². The number of unbranched alkanes of at least 4 members (excludes halogenated alkanes) is 2. The third-order valence-corrected chi connectivity index (χ3v) is 2.41. The van der Waals surface area contributed by atoms with E-state index < -0.39 is 33.8 Å². The second kappa shape index (κ2) is 6.77. The largest absolute Gasteiger partial charge is 0.462 e. The van der Waals surface area contributed by atoms with Gasteiger partial charge in [0.2, 0.25) is 5.82 Å². The average Bonchev–Trinajstić information content (AvgIpc) is 2.32. The van der Waals surface area contributed by atoms with Gasteiger partial charge in [-0.3, -0.25) is 10.1 Å². The van der Waals surface area contributed by atoms with Crippen LogP contribution in [0.25, 0.3) is 0 Å². The Balaban J connectivity index is 2.92. The number of benzene rings is 1. The van der Waals surface area contributed by atoms with Crippen molar-refractivity contribution in [3.8, 4) is 0 Å². The maximum atomic E-state index is 13.3. The van der Waals surface area contributed by atoms with Crippen molar-refractivity contribution < 1.29 is 23.2 Å². The topological polar surface area (TPSA) is 69.4 Å². The fourth-order valence-corrected chi connectivity index (χ4v) is 1.50. The van der Waals surface area contributed by atoms with Gasteiger partial charge in [0.05, 0.1) is 11.5 Å². The zero-order valence-corrected chi connectivity index (χ0v) is 10.3. The van der Waals surface area contributed by atoms with Gasteiger partial charge in [-0.25, -0.2) is 9.18 Å². The fourth-order valence-electron chi connectivity index (χ4n) is 1.50. The first-order valence-corrected chi connectivity index (χ1v) is 5.78. The van der Waals surface area contributed by atoms with Crippen LogP contribution in [-0.4, -0.2) is 17.5 Å². The summed E-state index contributed by atoms with van der Waals surface area (Å²) in [6.07, 6.45) is 2.33. The van der Waals surface area contributed by atoms with E-state index in [-0.39, 0.29) is 6.61 Å². The van der Waals surface area contributed by atoms with Crippen LogP contribution in [0.2, 0.25) is 0 Å². The Morgan fingerprint density at radius 2 is 2.05 bits per heavy atom. The number of ether oxygens (including phenoxy) is 1. The zero-order valence-electron chi connectivity index (χ0n) is 10.3. The van der Waals surface area contributed by atoms with Crippen LogP contribution in [-0.2, 0) is 4.74 Å². The summed E-state index contributed by atoms with van der Waals surface area (Å²) in [5.74, 6) is -3.56. The van der Waals surface area contributed by atoms with Gasteiger partial charge in [0, 0.05) is 6.07 Å².